The van der Waals surface area contributed by atoms with Crippen LogP contribution in [0.1, 0.15) is 54.3 Å². The average molecular weight is 427 g/mol. The quantitative estimate of drug-likeness (QED) is 0.748. The number of ketones is 1. The van der Waals surface area contributed by atoms with E-state index in [1.165, 1.54) is 11.5 Å². The number of aromatic nitrogens is 2. The van der Waals surface area contributed by atoms with Crippen LogP contribution in [0, 0.1) is 0 Å². The third-order valence-electron chi connectivity index (χ3n) is 6.97. The summed E-state index contributed by atoms with van der Waals surface area (Å²) in [5.74, 6) is 0.858. The van der Waals surface area contributed by atoms with Gasteiger partial charge in [-0.15, -0.1) is 5.10 Å². The van der Waals surface area contributed by atoms with Crippen molar-refractivity contribution in [1.29, 1.82) is 0 Å². The van der Waals surface area contributed by atoms with Crippen LogP contribution in [0.15, 0.2) is 24.3 Å². The maximum atomic E-state index is 13.3. The number of fused-ring (bicyclic) bond motifs is 4. The Morgan fingerprint density at radius 3 is 2.93 bits per heavy atom. The molecule has 7 nitrogen and oxygen atoms in total. The molecule has 30 heavy (non-hydrogen) atoms. The Hall–Kier alpha value is -2.32. The Morgan fingerprint density at radius 2 is 2.10 bits per heavy atom. The number of hydrogen-bond donors (Lipinski definition) is 0. The summed E-state index contributed by atoms with van der Waals surface area (Å²) in [6, 6.07) is 7.78. The minimum atomic E-state index is -0.291. The Balaban J connectivity index is 1.29. The van der Waals surface area contributed by atoms with E-state index in [9.17, 15) is 9.59 Å². The van der Waals surface area contributed by atoms with E-state index in [1.807, 2.05) is 41.0 Å². The van der Waals surface area contributed by atoms with Crippen molar-refractivity contribution in [2.24, 2.45) is 0 Å². The Bertz CT molecular complexity index is 977. The predicted octanol–water partition coefficient (Wildman–Crippen LogP) is 2.58. The van der Waals surface area contributed by atoms with E-state index < -0.39 is 0 Å². The second-order valence-corrected chi connectivity index (χ2v) is 9.25. The van der Waals surface area contributed by atoms with E-state index >= 15 is 0 Å². The van der Waals surface area contributed by atoms with Gasteiger partial charge in [0.25, 0.3) is 0 Å². The van der Waals surface area contributed by atoms with Crippen LogP contribution in [0.3, 0.4) is 0 Å². The van der Waals surface area contributed by atoms with Crippen LogP contribution in [0.25, 0.3) is 0 Å². The van der Waals surface area contributed by atoms with Crippen LogP contribution in [-0.2, 0) is 16.0 Å². The van der Waals surface area contributed by atoms with Gasteiger partial charge in [-0.2, -0.15) is 0 Å². The summed E-state index contributed by atoms with van der Waals surface area (Å²) < 4.78 is 9.56. The highest BCUT2D eigenvalue weighted by Crippen LogP contribution is 2.44. The number of carbonyl (C=O) groups is 2. The first-order chi connectivity index (χ1) is 14.6. The van der Waals surface area contributed by atoms with E-state index in [4.69, 9.17) is 4.74 Å². The number of nitrogens with zero attached hydrogens (tertiary/aromatic N) is 4. The zero-order chi connectivity index (χ0) is 20.8. The number of benzene rings is 1. The molecule has 3 aliphatic rings. The lowest BCUT2D eigenvalue weighted by Gasteiger charge is -2.39. The van der Waals surface area contributed by atoms with Crippen molar-refractivity contribution in [3.05, 3.63) is 40.4 Å². The lowest BCUT2D eigenvalue weighted by molar-refractivity contribution is -0.138. The van der Waals surface area contributed by atoms with Crippen LogP contribution in [0.5, 0.6) is 5.75 Å². The normalized spacial score (nSPS) is 28.5. The van der Waals surface area contributed by atoms with Gasteiger partial charge < -0.3 is 9.64 Å². The summed E-state index contributed by atoms with van der Waals surface area (Å²) in [5, 5.41) is 4.25. The monoisotopic (exact) mass is 426 g/mol. The van der Waals surface area contributed by atoms with Crippen molar-refractivity contribution in [3.8, 4) is 5.75 Å². The van der Waals surface area contributed by atoms with Gasteiger partial charge in [0, 0.05) is 30.5 Å². The molecule has 4 atom stereocenters. The molecule has 2 bridgehead atoms. The van der Waals surface area contributed by atoms with Gasteiger partial charge >= 0.3 is 0 Å². The molecule has 0 unspecified atom stereocenters. The number of hydrogen-bond acceptors (Lipinski definition) is 7. The van der Waals surface area contributed by atoms with Gasteiger partial charge in [-0.1, -0.05) is 22.7 Å². The number of para-hydroxylation sites is 1. The van der Waals surface area contributed by atoms with Crippen LogP contribution in [-0.4, -0.2) is 63.4 Å². The minimum absolute atomic E-state index is 0.114. The maximum Gasteiger partial charge on any atom is 0.237 e. The first-order valence-electron chi connectivity index (χ1n) is 10.6. The Labute approximate surface area is 180 Å². The van der Waals surface area contributed by atoms with Crippen LogP contribution < -0.4 is 4.74 Å². The van der Waals surface area contributed by atoms with Crippen molar-refractivity contribution < 1.29 is 14.3 Å². The molecule has 0 saturated carbocycles. The number of rotatable bonds is 4. The summed E-state index contributed by atoms with van der Waals surface area (Å²) in [5.41, 5.74) is 2.01. The highest BCUT2D eigenvalue weighted by atomic mass is 32.1. The highest BCUT2D eigenvalue weighted by Gasteiger charge is 2.45. The van der Waals surface area contributed by atoms with Gasteiger partial charge in [-0.05, 0) is 43.8 Å². The molecule has 1 amide bonds. The zero-order valence-electron chi connectivity index (χ0n) is 17.3. The van der Waals surface area contributed by atoms with Gasteiger partial charge in [0.15, 0.2) is 5.78 Å². The lowest BCUT2D eigenvalue weighted by atomic mass is 9.84. The smallest absolute Gasteiger partial charge is 0.237 e. The maximum absolute atomic E-state index is 13.3. The standard InChI is InChI=1S/C22H26N4O3S/c1-13-21(28)16(15-5-3-4-6-19(15)29-2)9-10-25(13)12-20(27)26-14-7-8-18(26)22-17(11-14)23-24-30-22/h3-6,13-14,16,18H,7-12H2,1-2H3/t13-,14-,16-,18-/m1/s1. The van der Waals surface area contributed by atoms with E-state index in [2.05, 4.69) is 9.59 Å². The molecule has 1 aromatic carbocycles. The van der Waals surface area contributed by atoms with Crippen LogP contribution in [0.4, 0.5) is 0 Å². The summed E-state index contributed by atoms with van der Waals surface area (Å²) in [4.78, 5) is 31.7. The first-order valence-corrected chi connectivity index (χ1v) is 11.4. The topological polar surface area (TPSA) is 75.6 Å². The van der Waals surface area contributed by atoms with Crippen molar-refractivity contribution in [3.63, 3.8) is 0 Å². The SMILES string of the molecule is COc1ccccc1[C@H]1CCN(CC(=O)N2[C@@H]3CC[C@@H]2c2snnc2C3)[C@H](C)C1=O. The summed E-state index contributed by atoms with van der Waals surface area (Å²) in [6.07, 6.45) is 3.51. The number of ether oxygens (including phenoxy) is 1. The number of likely N-dealkylation sites (tertiary alicyclic amines) is 1. The second-order valence-electron chi connectivity index (χ2n) is 8.47. The van der Waals surface area contributed by atoms with Crippen LogP contribution >= 0.6 is 11.5 Å². The molecule has 0 spiro atoms. The number of carbonyl (C=O) groups excluding carboxylic acids is 2. The molecule has 5 rings (SSSR count). The molecule has 8 heteroatoms. The zero-order valence-corrected chi connectivity index (χ0v) is 18.1. The van der Waals surface area contributed by atoms with Crippen molar-refractivity contribution >= 4 is 23.2 Å². The van der Waals surface area contributed by atoms with Gasteiger partial charge in [0.1, 0.15) is 5.75 Å². The van der Waals surface area contributed by atoms with E-state index in [1.54, 1.807) is 7.11 Å². The summed E-state index contributed by atoms with van der Waals surface area (Å²) in [6.45, 7) is 2.94. The van der Waals surface area contributed by atoms with E-state index in [0.29, 0.717) is 13.0 Å². The number of amides is 1. The molecule has 2 saturated heterocycles. The fourth-order valence-corrected chi connectivity index (χ4v) is 6.20. The molecule has 2 fully saturated rings. The molecule has 2 aromatic rings. The predicted molar refractivity (Wildman–Crippen MR) is 113 cm³/mol. The van der Waals surface area contributed by atoms with Gasteiger partial charge in [-0.25, -0.2) is 0 Å². The summed E-state index contributed by atoms with van der Waals surface area (Å²) in [7, 11) is 1.64. The molecule has 4 heterocycles. The highest BCUT2D eigenvalue weighted by molar-refractivity contribution is 7.05. The third kappa shape index (κ3) is 3.13. The summed E-state index contributed by atoms with van der Waals surface area (Å²) >= 11 is 1.42. The second kappa shape index (κ2) is 7.74. The molecule has 0 radical (unpaired) electrons. The molecule has 0 aliphatic carbocycles. The van der Waals surface area contributed by atoms with E-state index in [-0.39, 0.29) is 35.7 Å². The third-order valence-corrected chi connectivity index (χ3v) is 7.84. The van der Waals surface area contributed by atoms with Crippen LogP contribution in [0.2, 0.25) is 0 Å². The first kappa shape index (κ1) is 19.6. The van der Waals surface area contributed by atoms with Gasteiger partial charge in [0.2, 0.25) is 5.91 Å². The molecule has 1 aromatic heterocycles. The van der Waals surface area contributed by atoms with Crippen molar-refractivity contribution in [2.45, 2.75) is 56.7 Å². The Kier molecular flexibility index (Phi) is 5.06. The molecule has 0 N–H and O–H groups in total. The largest absolute Gasteiger partial charge is 0.496 e. The molecular weight excluding hydrogens is 400 g/mol. The van der Waals surface area contributed by atoms with Gasteiger partial charge in [-0.3, -0.25) is 14.5 Å². The van der Waals surface area contributed by atoms with Crippen molar-refractivity contribution in [1.82, 2.24) is 19.4 Å². The van der Waals surface area contributed by atoms with Gasteiger partial charge in [0.05, 0.1) is 36.3 Å². The fraction of sp³-hybridized carbons (Fsp3) is 0.545. The fourth-order valence-electron chi connectivity index (χ4n) is 5.39. The van der Waals surface area contributed by atoms with E-state index in [0.717, 1.165) is 47.7 Å². The molecular formula is C22H26N4O3S. The van der Waals surface area contributed by atoms with Crippen molar-refractivity contribution in [2.75, 3.05) is 20.2 Å². The molecule has 3 aliphatic heterocycles. The minimum Gasteiger partial charge on any atom is -0.496 e. The lowest BCUT2D eigenvalue weighted by Crippen LogP contribution is -2.53. The molecule has 158 valence electrons. The average Bonchev–Trinajstić information content (AvgIpc) is 3.36. The number of piperidine rings is 1. The number of methoxy groups -OCH3 is 1. The Morgan fingerprint density at radius 1 is 1.27 bits per heavy atom. The number of Topliss-reactive ketones (excluding diaryl/α,β-unsaturated/α-hetero) is 1.